The van der Waals surface area contributed by atoms with Gasteiger partial charge in [0.1, 0.15) is 12.6 Å². The number of methoxy groups -OCH3 is 1. The van der Waals surface area contributed by atoms with Gasteiger partial charge in [0.15, 0.2) is 0 Å². The summed E-state index contributed by atoms with van der Waals surface area (Å²) in [5.41, 5.74) is 2.95. The van der Waals surface area contributed by atoms with Crippen LogP contribution in [0.5, 0.6) is 0 Å². The zero-order valence-corrected chi connectivity index (χ0v) is 17.6. The maximum absolute atomic E-state index is 13.6. The highest BCUT2D eigenvalue weighted by atomic mass is 35.5. The maximum atomic E-state index is 13.6. The molecule has 1 heterocycles. The van der Waals surface area contributed by atoms with Crippen molar-refractivity contribution in [3.63, 3.8) is 0 Å². The van der Waals surface area contributed by atoms with E-state index in [0.717, 1.165) is 24.0 Å². The van der Waals surface area contributed by atoms with Crippen LogP contribution < -0.4 is 4.90 Å². The molecule has 5 nitrogen and oxygen atoms in total. The molecule has 152 valence electrons. The minimum atomic E-state index is -0.587. The van der Waals surface area contributed by atoms with Crippen LogP contribution in [0.25, 0.3) is 0 Å². The number of hydrogen-bond donors (Lipinski definition) is 0. The summed E-state index contributed by atoms with van der Waals surface area (Å²) in [6, 6.07) is 14.4. The Morgan fingerprint density at radius 1 is 1.17 bits per heavy atom. The molecule has 1 aliphatic rings. The van der Waals surface area contributed by atoms with E-state index in [-0.39, 0.29) is 18.4 Å². The molecule has 0 aliphatic carbocycles. The first-order valence-electron chi connectivity index (χ1n) is 9.81. The lowest BCUT2D eigenvalue weighted by Crippen LogP contribution is -2.44. The molecule has 1 amide bonds. The van der Waals surface area contributed by atoms with Crippen LogP contribution in [0.3, 0.4) is 0 Å². The Hall–Kier alpha value is -2.66. The second-order valence-corrected chi connectivity index (χ2v) is 7.46. The van der Waals surface area contributed by atoms with Crippen molar-refractivity contribution in [1.29, 1.82) is 0 Å². The molecule has 0 radical (unpaired) electrons. The van der Waals surface area contributed by atoms with E-state index in [1.165, 1.54) is 12.0 Å². The average molecular weight is 413 g/mol. The number of esters is 1. The molecule has 0 aromatic heterocycles. The Kier molecular flexibility index (Phi) is 6.70. The first-order valence-corrected chi connectivity index (χ1v) is 10.2. The second-order valence-electron chi connectivity index (χ2n) is 7.03. The van der Waals surface area contributed by atoms with Crippen LogP contribution in [0, 0.1) is 5.92 Å². The number of aliphatic imine (C=N–C) groups is 1. The van der Waals surface area contributed by atoms with E-state index >= 15 is 0 Å². The third-order valence-corrected chi connectivity index (χ3v) is 5.58. The molecular formula is C23H25ClN2O3. The zero-order chi connectivity index (χ0) is 21.0. The molecule has 2 aromatic rings. The number of amides is 1. The highest BCUT2D eigenvalue weighted by Crippen LogP contribution is 2.33. The summed E-state index contributed by atoms with van der Waals surface area (Å²) in [6.45, 7) is 3.94. The molecule has 29 heavy (non-hydrogen) atoms. The van der Waals surface area contributed by atoms with E-state index in [4.69, 9.17) is 21.3 Å². The van der Waals surface area contributed by atoms with Crippen LogP contribution in [0.1, 0.15) is 37.8 Å². The smallest absolute Gasteiger partial charge is 0.325 e. The normalized spacial score (nSPS) is 16.3. The number of carbonyl (C=O) groups excluding carboxylic acids is 2. The zero-order valence-electron chi connectivity index (χ0n) is 16.9. The van der Waals surface area contributed by atoms with Crippen LogP contribution in [-0.4, -0.2) is 37.3 Å². The number of fused-ring (bicyclic) bond motifs is 1. The summed E-state index contributed by atoms with van der Waals surface area (Å²) in [5.74, 6) is -0.615. The minimum absolute atomic E-state index is 0.0612. The van der Waals surface area contributed by atoms with Gasteiger partial charge in [-0.25, -0.2) is 0 Å². The molecule has 0 saturated heterocycles. The van der Waals surface area contributed by atoms with Gasteiger partial charge in [-0.3, -0.25) is 19.5 Å². The predicted octanol–water partition coefficient (Wildman–Crippen LogP) is 4.50. The number of hydrogen-bond acceptors (Lipinski definition) is 4. The fourth-order valence-corrected chi connectivity index (χ4v) is 3.87. The molecule has 1 atom stereocenters. The van der Waals surface area contributed by atoms with Crippen molar-refractivity contribution in [3.05, 3.63) is 64.7 Å². The van der Waals surface area contributed by atoms with E-state index < -0.39 is 12.0 Å². The van der Waals surface area contributed by atoms with Crippen molar-refractivity contribution in [2.75, 3.05) is 18.6 Å². The Balaban J connectivity index is 2.26. The lowest BCUT2D eigenvalue weighted by molar-refractivity contribution is -0.140. The van der Waals surface area contributed by atoms with E-state index in [1.807, 2.05) is 30.3 Å². The van der Waals surface area contributed by atoms with Gasteiger partial charge in [-0.1, -0.05) is 68.6 Å². The lowest BCUT2D eigenvalue weighted by atomic mass is 9.93. The number of carbonyl (C=O) groups is 2. The number of anilines is 1. The molecule has 6 heteroatoms. The largest absolute Gasteiger partial charge is 0.468 e. The van der Waals surface area contributed by atoms with Gasteiger partial charge >= 0.3 is 5.97 Å². The fraction of sp³-hybridized carbons (Fsp3) is 0.348. The van der Waals surface area contributed by atoms with Crippen molar-refractivity contribution in [2.45, 2.75) is 32.7 Å². The van der Waals surface area contributed by atoms with Gasteiger partial charge in [0.05, 0.1) is 18.5 Å². The fourth-order valence-electron chi connectivity index (χ4n) is 3.70. The van der Waals surface area contributed by atoms with Crippen molar-refractivity contribution >= 4 is 34.9 Å². The van der Waals surface area contributed by atoms with Gasteiger partial charge < -0.3 is 4.74 Å². The first kappa shape index (κ1) is 21.1. The van der Waals surface area contributed by atoms with Gasteiger partial charge in [0.2, 0.25) is 0 Å². The summed E-state index contributed by atoms with van der Waals surface area (Å²) in [5, 5.41) is 0.541. The molecule has 1 aliphatic heterocycles. The Labute approximate surface area is 176 Å². The Morgan fingerprint density at radius 2 is 1.86 bits per heavy atom. The van der Waals surface area contributed by atoms with Crippen molar-refractivity contribution < 1.29 is 14.3 Å². The highest BCUT2D eigenvalue weighted by Gasteiger charge is 2.36. The van der Waals surface area contributed by atoms with Crippen LogP contribution >= 0.6 is 11.6 Å². The number of benzodiazepines with no additional fused rings is 1. The monoisotopic (exact) mass is 412 g/mol. The molecule has 0 spiro atoms. The maximum Gasteiger partial charge on any atom is 0.325 e. The molecule has 1 unspecified atom stereocenters. The Bertz CT molecular complexity index is 923. The van der Waals surface area contributed by atoms with Crippen molar-refractivity contribution in [1.82, 2.24) is 0 Å². The molecule has 0 fully saturated rings. The van der Waals surface area contributed by atoms with E-state index in [1.54, 1.807) is 18.2 Å². The van der Waals surface area contributed by atoms with Crippen molar-refractivity contribution in [3.8, 4) is 0 Å². The van der Waals surface area contributed by atoms with Gasteiger partial charge in [-0.05, 0) is 24.1 Å². The second kappa shape index (κ2) is 9.23. The van der Waals surface area contributed by atoms with E-state index in [9.17, 15) is 9.59 Å². The lowest BCUT2D eigenvalue weighted by Gasteiger charge is -2.27. The van der Waals surface area contributed by atoms with Gasteiger partial charge in [-0.2, -0.15) is 0 Å². The van der Waals surface area contributed by atoms with Crippen LogP contribution in [0.2, 0.25) is 5.02 Å². The summed E-state index contributed by atoms with van der Waals surface area (Å²) in [6.07, 6.45) is 1.61. The van der Waals surface area contributed by atoms with Crippen molar-refractivity contribution in [2.24, 2.45) is 10.9 Å². The Morgan fingerprint density at radius 3 is 2.48 bits per heavy atom. The molecular weight excluding hydrogens is 388 g/mol. The average Bonchev–Trinajstić information content (AvgIpc) is 2.85. The summed E-state index contributed by atoms with van der Waals surface area (Å²) < 4.78 is 4.84. The minimum Gasteiger partial charge on any atom is -0.468 e. The number of rotatable bonds is 6. The van der Waals surface area contributed by atoms with E-state index in [0.29, 0.717) is 16.4 Å². The standard InChI is InChI=1S/C23H25ClN2O3/c1-4-15(5-2)22-23(28)26(14-20(27)29-3)19-12-11-17(24)13-18(19)21(25-22)16-9-7-6-8-10-16/h6-13,15,22H,4-5,14H2,1-3H3. The van der Waals surface area contributed by atoms with Gasteiger partial charge in [0, 0.05) is 16.1 Å². The summed E-state index contributed by atoms with van der Waals surface area (Å²) >= 11 is 6.30. The number of halogens is 1. The highest BCUT2D eigenvalue weighted by molar-refractivity contribution is 6.32. The number of nitrogens with zero attached hydrogens (tertiary/aromatic N) is 2. The number of ether oxygens (including phenoxy) is 1. The predicted molar refractivity (Wildman–Crippen MR) is 116 cm³/mol. The number of benzene rings is 2. The van der Waals surface area contributed by atoms with Gasteiger partial charge in [0.25, 0.3) is 5.91 Å². The molecule has 2 aromatic carbocycles. The molecule has 3 rings (SSSR count). The van der Waals surface area contributed by atoms with Crippen LogP contribution in [-0.2, 0) is 14.3 Å². The molecule has 0 saturated carbocycles. The van der Waals surface area contributed by atoms with Crippen LogP contribution in [0.4, 0.5) is 5.69 Å². The molecule has 0 bridgehead atoms. The third kappa shape index (κ3) is 4.35. The summed E-state index contributed by atoms with van der Waals surface area (Å²) in [7, 11) is 1.32. The molecule has 0 N–H and O–H groups in total. The van der Waals surface area contributed by atoms with Crippen LogP contribution in [0.15, 0.2) is 53.5 Å². The third-order valence-electron chi connectivity index (χ3n) is 5.35. The first-order chi connectivity index (χ1) is 14.0. The van der Waals surface area contributed by atoms with Gasteiger partial charge in [-0.15, -0.1) is 0 Å². The van der Waals surface area contributed by atoms with E-state index in [2.05, 4.69) is 13.8 Å². The SMILES string of the molecule is CCC(CC)C1N=C(c2ccccc2)c2cc(Cl)ccc2N(CC(=O)OC)C1=O. The topological polar surface area (TPSA) is 59.0 Å². The quantitative estimate of drug-likeness (QED) is 0.656. The summed E-state index contributed by atoms with van der Waals surface area (Å²) in [4.78, 5) is 32.1.